The lowest BCUT2D eigenvalue weighted by Gasteiger charge is -2.12. The smallest absolute Gasteiger partial charge is 0.262 e. The molecule has 0 aromatic heterocycles. The van der Waals surface area contributed by atoms with Gasteiger partial charge in [-0.05, 0) is 55.3 Å². The summed E-state index contributed by atoms with van der Waals surface area (Å²) in [4.78, 5) is 0.225. The molecule has 0 saturated carbocycles. The average molecular weight is 356 g/mol. The second kappa shape index (κ2) is 5.46. The van der Waals surface area contributed by atoms with E-state index < -0.39 is 10.0 Å². The summed E-state index contributed by atoms with van der Waals surface area (Å²) in [7, 11) is -3.66. The van der Waals surface area contributed by atoms with Crippen molar-refractivity contribution in [3.8, 4) is 5.75 Å². The van der Waals surface area contributed by atoms with Gasteiger partial charge in [0.15, 0.2) is 0 Å². The number of phenols is 1. The summed E-state index contributed by atoms with van der Waals surface area (Å²) in [5, 5.41) is 9.20. The lowest BCUT2D eigenvalue weighted by Crippen LogP contribution is -2.14. The molecule has 0 saturated heterocycles. The normalized spacial score (nSPS) is 11.3. The second-order valence-electron chi connectivity index (χ2n) is 4.52. The van der Waals surface area contributed by atoms with Gasteiger partial charge in [0.1, 0.15) is 5.75 Å². The molecule has 0 unspecified atom stereocenters. The summed E-state index contributed by atoms with van der Waals surface area (Å²) in [6.45, 7) is 3.66. The maximum atomic E-state index is 12.4. The van der Waals surface area contributed by atoms with Crippen LogP contribution in [0, 0.1) is 13.8 Å². The van der Waals surface area contributed by atoms with Gasteiger partial charge < -0.3 is 5.11 Å². The van der Waals surface area contributed by atoms with Crippen molar-refractivity contribution in [2.75, 3.05) is 4.72 Å². The van der Waals surface area contributed by atoms with Crippen LogP contribution in [0.4, 0.5) is 5.69 Å². The van der Waals surface area contributed by atoms with E-state index in [2.05, 4.69) is 20.7 Å². The summed E-state index contributed by atoms with van der Waals surface area (Å²) >= 11 is 3.34. The van der Waals surface area contributed by atoms with E-state index in [0.29, 0.717) is 11.3 Å². The minimum absolute atomic E-state index is 0.0854. The first-order valence-electron chi connectivity index (χ1n) is 5.88. The van der Waals surface area contributed by atoms with E-state index in [0.717, 1.165) is 10.0 Å². The fourth-order valence-electron chi connectivity index (χ4n) is 1.84. The van der Waals surface area contributed by atoms with E-state index in [-0.39, 0.29) is 10.6 Å². The minimum atomic E-state index is -3.66. The monoisotopic (exact) mass is 355 g/mol. The highest BCUT2D eigenvalue weighted by atomic mass is 79.9. The molecule has 2 aromatic rings. The lowest BCUT2D eigenvalue weighted by atomic mass is 10.2. The van der Waals surface area contributed by atoms with Gasteiger partial charge in [0.25, 0.3) is 10.0 Å². The predicted octanol–water partition coefficient (Wildman–Crippen LogP) is 3.57. The highest BCUT2D eigenvalue weighted by Gasteiger charge is 2.18. The molecule has 0 amide bonds. The molecule has 0 aliphatic carbocycles. The highest BCUT2D eigenvalue weighted by molar-refractivity contribution is 9.10. The quantitative estimate of drug-likeness (QED) is 0.827. The Labute approximate surface area is 126 Å². The van der Waals surface area contributed by atoms with Crippen LogP contribution < -0.4 is 4.72 Å². The van der Waals surface area contributed by atoms with E-state index in [1.54, 1.807) is 13.0 Å². The molecule has 0 aliphatic heterocycles. The van der Waals surface area contributed by atoms with E-state index in [4.69, 9.17) is 0 Å². The number of halogens is 1. The molecular formula is C14H14BrNO3S. The molecule has 2 rings (SSSR count). The van der Waals surface area contributed by atoms with Crippen molar-refractivity contribution >= 4 is 31.6 Å². The molecule has 2 aromatic carbocycles. The maximum absolute atomic E-state index is 12.4. The van der Waals surface area contributed by atoms with Crippen LogP contribution in [-0.2, 0) is 10.0 Å². The highest BCUT2D eigenvalue weighted by Crippen LogP contribution is 2.26. The van der Waals surface area contributed by atoms with Gasteiger partial charge in [-0.15, -0.1) is 0 Å². The molecule has 0 bridgehead atoms. The molecule has 0 heterocycles. The first-order chi connectivity index (χ1) is 9.29. The van der Waals surface area contributed by atoms with Gasteiger partial charge in [-0.25, -0.2) is 8.42 Å². The second-order valence-corrected chi connectivity index (χ2v) is 7.02. The predicted molar refractivity (Wildman–Crippen MR) is 82.5 cm³/mol. The van der Waals surface area contributed by atoms with Gasteiger partial charge in [0.2, 0.25) is 0 Å². The Kier molecular flexibility index (Phi) is 4.06. The van der Waals surface area contributed by atoms with Gasteiger partial charge >= 0.3 is 0 Å². The number of sulfonamides is 1. The zero-order chi connectivity index (χ0) is 14.9. The van der Waals surface area contributed by atoms with Crippen LogP contribution in [0.3, 0.4) is 0 Å². The Hall–Kier alpha value is -1.53. The van der Waals surface area contributed by atoms with Crippen molar-refractivity contribution in [1.29, 1.82) is 0 Å². The fourth-order valence-corrected chi connectivity index (χ4v) is 3.64. The van der Waals surface area contributed by atoms with Crippen LogP contribution in [-0.4, -0.2) is 13.5 Å². The van der Waals surface area contributed by atoms with Crippen molar-refractivity contribution in [3.63, 3.8) is 0 Å². The fraction of sp³-hybridized carbons (Fsp3) is 0.143. The molecule has 6 heteroatoms. The third kappa shape index (κ3) is 3.13. The molecule has 0 fully saturated rings. The standard InChI is InChI=1S/C14H14BrNO3S/c1-9-7-10(2)14(8-13(9)15)20(18,19)16-11-3-5-12(17)6-4-11/h3-8,16-17H,1-2H3. The Morgan fingerprint density at radius 2 is 1.65 bits per heavy atom. The third-order valence-electron chi connectivity index (χ3n) is 2.87. The maximum Gasteiger partial charge on any atom is 0.262 e. The van der Waals surface area contributed by atoms with E-state index in [9.17, 15) is 13.5 Å². The summed E-state index contributed by atoms with van der Waals surface area (Å²) in [5.41, 5.74) is 2.06. The van der Waals surface area contributed by atoms with E-state index >= 15 is 0 Å². The number of anilines is 1. The number of nitrogens with one attached hydrogen (secondary N) is 1. The molecule has 106 valence electrons. The summed E-state index contributed by atoms with van der Waals surface area (Å²) in [6.07, 6.45) is 0. The molecule has 20 heavy (non-hydrogen) atoms. The number of rotatable bonds is 3. The summed E-state index contributed by atoms with van der Waals surface area (Å²) < 4.78 is 28.0. The number of phenolic OH excluding ortho intramolecular Hbond substituents is 1. The summed E-state index contributed by atoms with van der Waals surface area (Å²) in [6, 6.07) is 9.27. The van der Waals surface area contributed by atoms with E-state index in [1.165, 1.54) is 24.3 Å². The van der Waals surface area contributed by atoms with Crippen molar-refractivity contribution in [2.45, 2.75) is 18.7 Å². The van der Waals surface area contributed by atoms with Crippen LogP contribution in [0.2, 0.25) is 0 Å². The number of aryl methyl sites for hydroxylation is 2. The Morgan fingerprint density at radius 1 is 1.05 bits per heavy atom. The van der Waals surface area contributed by atoms with Crippen LogP contribution in [0.1, 0.15) is 11.1 Å². The van der Waals surface area contributed by atoms with Crippen LogP contribution in [0.5, 0.6) is 5.75 Å². The van der Waals surface area contributed by atoms with Gasteiger partial charge in [0.05, 0.1) is 4.90 Å². The van der Waals surface area contributed by atoms with Crippen molar-refractivity contribution in [1.82, 2.24) is 0 Å². The lowest BCUT2D eigenvalue weighted by molar-refractivity contribution is 0.475. The number of aromatic hydroxyl groups is 1. The molecule has 0 spiro atoms. The Morgan fingerprint density at radius 3 is 2.25 bits per heavy atom. The van der Waals surface area contributed by atoms with Crippen LogP contribution >= 0.6 is 15.9 Å². The molecular weight excluding hydrogens is 342 g/mol. The Balaban J connectivity index is 2.40. The van der Waals surface area contributed by atoms with Crippen molar-refractivity contribution in [3.05, 3.63) is 52.0 Å². The van der Waals surface area contributed by atoms with Gasteiger partial charge in [-0.3, -0.25) is 4.72 Å². The zero-order valence-electron chi connectivity index (χ0n) is 11.0. The zero-order valence-corrected chi connectivity index (χ0v) is 13.4. The van der Waals surface area contributed by atoms with Crippen LogP contribution in [0.25, 0.3) is 0 Å². The first kappa shape index (κ1) is 14.9. The first-order valence-corrected chi connectivity index (χ1v) is 8.16. The molecule has 4 nitrogen and oxygen atoms in total. The topological polar surface area (TPSA) is 66.4 Å². The number of benzene rings is 2. The third-order valence-corrected chi connectivity index (χ3v) is 5.24. The van der Waals surface area contributed by atoms with Gasteiger partial charge in [-0.2, -0.15) is 0 Å². The molecule has 0 atom stereocenters. The van der Waals surface area contributed by atoms with Gasteiger partial charge in [0, 0.05) is 10.2 Å². The molecule has 0 radical (unpaired) electrons. The van der Waals surface area contributed by atoms with Gasteiger partial charge in [-0.1, -0.05) is 22.0 Å². The average Bonchev–Trinajstić information content (AvgIpc) is 2.36. The molecule has 0 aliphatic rings. The van der Waals surface area contributed by atoms with E-state index in [1.807, 2.05) is 13.0 Å². The summed E-state index contributed by atoms with van der Waals surface area (Å²) in [5.74, 6) is 0.0854. The SMILES string of the molecule is Cc1cc(C)c(S(=O)(=O)Nc2ccc(O)cc2)cc1Br. The molecule has 2 N–H and O–H groups in total. The largest absolute Gasteiger partial charge is 0.508 e. The minimum Gasteiger partial charge on any atom is -0.508 e. The van der Waals surface area contributed by atoms with Crippen molar-refractivity contribution < 1.29 is 13.5 Å². The number of hydrogen-bond acceptors (Lipinski definition) is 3. The number of hydrogen-bond donors (Lipinski definition) is 2. The van der Waals surface area contributed by atoms with Crippen molar-refractivity contribution in [2.24, 2.45) is 0 Å². The van der Waals surface area contributed by atoms with Crippen LogP contribution in [0.15, 0.2) is 45.8 Å². The Bertz CT molecular complexity index is 740.